The van der Waals surface area contributed by atoms with Gasteiger partial charge in [-0.1, -0.05) is 11.6 Å². The summed E-state index contributed by atoms with van der Waals surface area (Å²) in [6.45, 7) is 2.53. The van der Waals surface area contributed by atoms with E-state index in [1.165, 1.54) is 5.01 Å². The summed E-state index contributed by atoms with van der Waals surface area (Å²) < 4.78 is 0. The minimum atomic E-state index is 0.184. The van der Waals surface area contributed by atoms with Crippen molar-refractivity contribution < 1.29 is 0 Å². The average molecular weight is 197 g/mol. The van der Waals surface area contributed by atoms with Gasteiger partial charge in [0.05, 0.1) is 5.56 Å². The first-order valence-corrected chi connectivity index (χ1v) is 4.15. The lowest BCUT2D eigenvalue weighted by atomic mass is 10.3. The Labute approximate surface area is 81.5 Å². The zero-order valence-electron chi connectivity index (χ0n) is 7.16. The van der Waals surface area contributed by atoms with E-state index in [4.69, 9.17) is 22.7 Å². The molecule has 0 atom stereocenters. The van der Waals surface area contributed by atoms with Gasteiger partial charge in [0, 0.05) is 6.54 Å². The van der Waals surface area contributed by atoms with Crippen LogP contribution >= 0.6 is 11.6 Å². The number of hydrogen-bond acceptors (Lipinski definition) is 4. The van der Waals surface area contributed by atoms with Gasteiger partial charge in [0.25, 0.3) is 0 Å². The molecule has 0 radical (unpaired) electrons. The highest BCUT2D eigenvalue weighted by Gasteiger charge is 2.05. The third-order valence-electron chi connectivity index (χ3n) is 1.59. The molecule has 0 amide bonds. The van der Waals surface area contributed by atoms with E-state index >= 15 is 0 Å². The molecule has 5 heteroatoms. The van der Waals surface area contributed by atoms with Crippen LogP contribution in [0.1, 0.15) is 12.5 Å². The zero-order valence-corrected chi connectivity index (χ0v) is 7.91. The highest BCUT2D eigenvalue weighted by Crippen LogP contribution is 2.16. The molecule has 68 valence electrons. The van der Waals surface area contributed by atoms with Crippen molar-refractivity contribution in [2.24, 2.45) is 5.84 Å². The van der Waals surface area contributed by atoms with Gasteiger partial charge in [0.1, 0.15) is 17.0 Å². The maximum atomic E-state index is 8.59. The van der Waals surface area contributed by atoms with Gasteiger partial charge < -0.3 is 0 Å². The monoisotopic (exact) mass is 196 g/mol. The molecule has 0 aliphatic carbocycles. The molecule has 0 unspecified atom stereocenters. The first-order valence-electron chi connectivity index (χ1n) is 3.78. The molecule has 0 spiro atoms. The number of anilines is 1. The van der Waals surface area contributed by atoms with Crippen LogP contribution in [0, 0.1) is 11.3 Å². The summed E-state index contributed by atoms with van der Waals surface area (Å²) >= 11 is 5.71. The van der Waals surface area contributed by atoms with Crippen molar-refractivity contribution in [2.45, 2.75) is 6.92 Å². The largest absolute Gasteiger partial charge is 0.295 e. The molecule has 0 saturated heterocycles. The topological polar surface area (TPSA) is 65.9 Å². The molecule has 4 nitrogen and oxygen atoms in total. The summed E-state index contributed by atoms with van der Waals surface area (Å²) in [7, 11) is 0. The van der Waals surface area contributed by atoms with Crippen LogP contribution in [0.4, 0.5) is 5.82 Å². The van der Waals surface area contributed by atoms with Gasteiger partial charge in [-0.25, -0.2) is 10.8 Å². The maximum Gasteiger partial charge on any atom is 0.149 e. The van der Waals surface area contributed by atoms with E-state index in [1.807, 2.05) is 13.0 Å². The molecule has 1 rings (SSSR count). The Kier molecular flexibility index (Phi) is 3.07. The summed E-state index contributed by atoms with van der Waals surface area (Å²) in [4.78, 5) is 3.96. The van der Waals surface area contributed by atoms with Crippen LogP contribution in [0.3, 0.4) is 0 Å². The number of aromatic nitrogens is 1. The minimum Gasteiger partial charge on any atom is -0.295 e. The molecule has 1 heterocycles. The number of nitriles is 1. The molecule has 1 aromatic heterocycles. The lowest BCUT2D eigenvalue weighted by Gasteiger charge is -2.14. The van der Waals surface area contributed by atoms with Crippen LogP contribution in [0.25, 0.3) is 0 Å². The van der Waals surface area contributed by atoms with E-state index in [2.05, 4.69) is 4.98 Å². The van der Waals surface area contributed by atoms with E-state index in [0.717, 1.165) is 0 Å². The Morgan fingerprint density at radius 2 is 2.38 bits per heavy atom. The fraction of sp³-hybridized carbons (Fsp3) is 0.250. The number of hydrazine groups is 1. The van der Waals surface area contributed by atoms with E-state index in [0.29, 0.717) is 17.9 Å². The number of hydrogen-bond donors (Lipinski definition) is 1. The number of pyridine rings is 1. The summed E-state index contributed by atoms with van der Waals surface area (Å²) in [6.07, 6.45) is 0. The zero-order chi connectivity index (χ0) is 9.84. The first kappa shape index (κ1) is 9.78. The van der Waals surface area contributed by atoms with Gasteiger partial charge in [-0.05, 0) is 19.1 Å². The molecular formula is C8H9ClN4. The van der Waals surface area contributed by atoms with Crippen LogP contribution in [0.15, 0.2) is 12.1 Å². The lowest BCUT2D eigenvalue weighted by Crippen LogP contribution is -2.31. The van der Waals surface area contributed by atoms with Gasteiger partial charge in [-0.3, -0.25) is 5.01 Å². The summed E-state index contributed by atoms with van der Waals surface area (Å²) in [6, 6.07) is 5.18. The summed E-state index contributed by atoms with van der Waals surface area (Å²) in [5, 5.41) is 10.2. The second kappa shape index (κ2) is 4.08. The van der Waals surface area contributed by atoms with E-state index in [9.17, 15) is 0 Å². The standard InChI is InChI=1S/C8H9ClN4/c1-2-13(11)7-4-3-6(5-10)8(9)12-7/h3-4H,2,11H2,1H3. The smallest absolute Gasteiger partial charge is 0.149 e. The van der Waals surface area contributed by atoms with Crippen LogP contribution in [0.2, 0.25) is 5.15 Å². The van der Waals surface area contributed by atoms with Crippen LogP contribution < -0.4 is 10.9 Å². The third kappa shape index (κ3) is 2.08. The van der Waals surface area contributed by atoms with Crippen molar-refractivity contribution in [3.8, 4) is 6.07 Å². The van der Waals surface area contributed by atoms with E-state index < -0.39 is 0 Å². The van der Waals surface area contributed by atoms with Crippen molar-refractivity contribution in [3.63, 3.8) is 0 Å². The molecule has 0 fully saturated rings. The van der Waals surface area contributed by atoms with E-state index in [1.54, 1.807) is 12.1 Å². The maximum absolute atomic E-state index is 8.59. The molecule has 13 heavy (non-hydrogen) atoms. The molecule has 0 bridgehead atoms. The highest BCUT2D eigenvalue weighted by molar-refractivity contribution is 6.30. The van der Waals surface area contributed by atoms with Gasteiger partial charge in [0.2, 0.25) is 0 Å². The van der Waals surface area contributed by atoms with Crippen molar-refractivity contribution in [1.29, 1.82) is 5.26 Å². The molecule has 0 aliphatic rings. The second-order valence-electron chi connectivity index (χ2n) is 2.41. The van der Waals surface area contributed by atoms with Crippen LogP contribution in [0.5, 0.6) is 0 Å². The van der Waals surface area contributed by atoms with Crippen molar-refractivity contribution >= 4 is 17.4 Å². The SMILES string of the molecule is CCN(N)c1ccc(C#N)c(Cl)n1. The molecule has 1 aromatic rings. The Hall–Kier alpha value is -1.31. The minimum absolute atomic E-state index is 0.184. The summed E-state index contributed by atoms with van der Waals surface area (Å²) in [5.41, 5.74) is 0.356. The number of nitrogens with two attached hydrogens (primary N) is 1. The number of halogens is 1. The van der Waals surface area contributed by atoms with Gasteiger partial charge in [-0.15, -0.1) is 0 Å². The third-order valence-corrected chi connectivity index (χ3v) is 1.88. The van der Waals surface area contributed by atoms with Crippen molar-refractivity contribution in [3.05, 3.63) is 22.8 Å². The normalized spacial score (nSPS) is 9.38. The van der Waals surface area contributed by atoms with Crippen molar-refractivity contribution in [1.82, 2.24) is 4.98 Å². The molecule has 0 aromatic carbocycles. The average Bonchev–Trinajstić information content (AvgIpc) is 2.16. The molecular weight excluding hydrogens is 188 g/mol. The fourth-order valence-electron chi connectivity index (χ4n) is 0.830. The second-order valence-corrected chi connectivity index (χ2v) is 2.76. The number of nitrogens with zero attached hydrogens (tertiary/aromatic N) is 3. The quantitative estimate of drug-likeness (QED) is 0.440. The van der Waals surface area contributed by atoms with E-state index in [-0.39, 0.29) is 5.15 Å². The van der Waals surface area contributed by atoms with Gasteiger partial charge >= 0.3 is 0 Å². The van der Waals surface area contributed by atoms with Crippen LogP contribution in [-0.2, 0) is 0 Å². The van der Waals surface area contributed by atoms with Gasteiger partial charge in [0.15, 0.2) is 0 Å². The Balaban J connectivity index is 3.04. The highest BCUT2D eigenvalue weighted by atomic mass is 35.5. The van der Waals surface area contributed by atoms with Gasteiger partial charge in [-0.2, -0.15) is 5.26 Å². The summed E-state index contributed by atoms with van der Waals surface area (Å²) in [5.74, 6) is 6.15. The number of rotatable bonds is 2. The Bertz CT molecular complexity index is 344. The molecule has 0 aliphatic heterocycles. The predicted molar refractivity (Wildman–Crippen MR) is 51.2 cm³/mol. The molecule has 2 N–H and O–H groups in total. The first-order chi connectivity index (χ1) is 6.19. The fourth-order valence-corrected chi connectivity index (χ4v) is 1.02. The van der Waals surface area contributed by atoms with Crippen molar-refractivity contribution in [2.75, 3.05) is 11.6 Å². The lowest BCUT2D eigenvalue weighted by molar-refractivity contribution is 0.868. The Morgan fingerprint density at radius 3 is 2.85 bits per heavy atom. The van der Waals surface area contributed by atoms with Crippen LogP contribution in [-0.4, -0.2) is 11.5 Å². The predicted octanol–water partition coefficient (Wildman–Crippen LogP) is 1.31. The molecule has 0 saturated carbocycles. The Morgan fingerprint density at radius 1 is 1.69 bits per heavy atom.